The molecule has 1 unspecified atom stereocenters. The van der Waals surface area contributed by atoms with E-state index < -0.39 is 11.2 Å². The number of thioether (sulfide) groups is 1. The third kappa shape index (κ3) is 4.79. The molecule has 2 aromatic rings. The zero-order valence-corrected chi connectivity index (χ0v) is 13.6. The molecule has 0 aliphatic heterocycles. The van der Waals surface area contributed by atoms with Crippen molar-refractivity contribution in [2.45, 2.75) is 30.5 Å². The number of benzene rings is 1. The summed E-state index contributed by atoms with van der Waals surface area (Å²) < 4.78 is 0. The molecule has 1 atom stereocenters. The molecule has 1 amide bonds. The first-order valence-electron chi connectivity index (χ1n) is 7.02. The Hall–Kier alpha value is -2.41. The summed E-state index contributed by atoms with van der Waals surface area (Å²) in [4.78, 5) is 32.2. The molecule has 23 heavy (non-hydrogen) atoms. The lowest BCUT2D eigenvalue weighted by atomic mass is 10.2. The maximum atomic E-state index is 12.4. The summed E-state index contributed by atoms with van der Waals surface area (Å²) in [5.41, 5.74) is 1.17. The number of aryl methyl sites for hydroxylation is 1. The zero-order valence-electron chi connectivity index (χ0n) is 12.8. The van der Waals surface area contributed by atoms with Crippen LogP contribution in [0.5, 0.6) is 0 Å². The highest BCUT2D eigenvalue weighted by Gasteiger charge is 2.17. The van der Waals surface area contributed by atoms with E-state index in [1.54, 1.807) is 50.4 Å². The first-order chi connectivity index (χ1) is 11.0. The van der Waals surface area contributed by atoms with Crippen LogP contribution in [0.3, 0.4) is 0 Å². The fraction of sp³-hybridized carbons (Fsp3) is 0.250. The van der Waals surface area contributed by atoms with Gasteiger partial charge in [-0.3, -0.25) is 9.59 Å². The number of carboxylic acid groups (broad SMARTS) is 1. The van der Waals surface area contributed by atoms with Crippen molar-refractivity contribution in [3.8, 4) is 0 Å². The van der Waals surface area contributed by atoms with Gasteiger partial charge in [0.2, 0.25) is 0 Å². The van der Waals surface area contributed by atoms with E-state index in [1.165, 1.54) is 0 Å². The smallest absolute Gasteiger partial charge is 0.316 e. The maximum absolute atomic E-state index is 12.4. The lowest BCUT2D eigenvalue weighted by Gasteiger charge is -2.11. The van der Waals surface area contributed by atoms with Gasteiger partial charge in [0.1, 0.15) is 11.1 Å². The molecule has 7 heteroatoms. The van der Waals surface area contributed by atoms with Gasteiger partial charge in [0.25, 0.3) is 5.91 Å². The molecule has 1 aromatic carbocycles. The molecule has 120 valence electrons. The molecule has 0 aliphatic rings. The van der Waals surface area contributed by atoms with Crippen molar-refractivity contribution in [2.24, 2.45) is 0 Å². The normalized spacial score (nSPS) is 11.7. The second kappa shape index (κ2) is 7.73. The molecule has 6 nitrogen and oxygen atoms in total. The van der Waals surface area contributed by atoms with E-state index in [0.29, 0.717) is 16.3 Å². The summed E-state index contributed by atoms with van der Waals surface area (Å²) in [5, 5.41) is 11.2. The van der Waals surface area contributed by atoms with Gasteiger partial charge in [0.05, 0.1) is 17.8 Å². The van der Waals surface area contributed by atoms with Gasteiger partial charge in [0, 0.05) is 11.1 Å². The third-order valence-corrected chi connectivity index (χ3v) is 4.21. The van der Waals surface area contributed by atoms with E-state index in [9.17, 15) is 9.59 Å². The fourth-order valence-corrected chi connectivity index (χ4v) is 2.79. The summed E-state index contributed by atoms with van der Waals surface area (Å²) >= 11 is 1.14. The molecule has 1 aromatic heterocycles. The van der Waals surface area contributed by atoms with Crippen molar-refractivity contribution in [1.29, 1.82) is 0 Å². The van der Waals surface area contributed by atoms with Crippen LogP contribution in [0.25, 0.3) is 0 Å². The van der Waals surface area contributed by atoms with Crippen LogP contribution >= 0.6 is 11.8 Å². The second-order valence-electron chi connectivity index (χ2n) is 4.87. The lowest BCUT2D eigenvalue weighted by molar-refractivity contribution is -0.136. The number of nitrogens with one attached hydrogen (secondary N) is 1. The number of hydrogen-bond acceptors (Lipinski definition) is 5. The van der Waals surface area contributed by atoms with Crippen molar-refractivity contribution >= 4 is 23.6 Å². The summed E-state index contributed by atoms with van der Waals surface area (Å²) in [6, 6.07) is 8.69. The first-order valence-corrected chi connectivity index (χ1v) is 7.90. The number of aromatic nitrogens is 2. The number of carbonyl (C=O) groups is 2. The summed E-state index contributed by atoms with van der Waals surface area (Å²) in [6.07, 6.45) is 1.64. The lowest BCUT2D eigenvalue weighted by Crippen LogP contribution is -2.24. The van der Waals surface area contributed by atoms with Crippen LogP contribution in [0.2, 0.25) is 0 Å². The number of amides is 1. The third-order valence-electron chi connectivity index (χ3n) is 3.05. The molecule has 0 saturated carbocycles. The topological polar surface area (TPSA) is 92.2 Å². The molecule has 2 rings (SSSR count). The van der Waals surface area contributed by atoms with Gasteiger partial charge in [-0.1, -0.05) is 12.1 Å². The molecule has 0 spiro atoms. The number of carbonyl (C=O) groups excluding carboxylic acids is 1. The summed E-state index contributed by atoms with van der Waals surface area (Å²) in [6.45, 7) is 3.66. The van der Waals surface area contributed by atoms with Crippen LogP contribution in [-0.4, -0.2) is 32.2 Å². The molecular formula is C16H17N3O3S. The average Bonchev–Trinajstić information content (AvgIpc) is 2.53. The zero-order chi connectivity index (χ0) is 16.8. The van der Waals surface area contributed by atoms with Gasteiger partial charge < -0.3 is 10.4 Å². The Kier molecular flexibility index (Phi) is 5.70. The Labute approximate surface area is 138 Å². The first kappa shape index (κ1) is 17.0. The highest BCUT2D eigenvalue weighted by Crippen LogP contribution is 2.27. The van der Waals surface area contributed by atoms with Gasteiger partial charge >= 0.3 is 5.97 Å². The van der Waals surface area contributed by atoms with Crippen LogP contribution < -0.4 is 5.32 Å². The number of rotatable bonds is 6. The molecule has 0 fully saturated rings. The minimum absolute atomic E-state index is 0.262. The van der Waals surface area contributed by atoms with Gasteiger partial charge in [-0.05, 0) is 32.0 Å². The molecule has 0 saturated heterocycles. The second-order valence-corrected chi connectivity index (χ2v) is 6.25. The number of hydrogen-bond donors (Lipinski definition) is 2. The van der Waals surface area contributed by atoms with Crippen LogP contribution in [-0.2, 0) is 11.3 Å². The molecular weight excluding hydrogens is 314 g/mol. The van der Waals surface area contributed by atoms with Crippen LogP contribution in [0.15, 0.2) is 41.4 Å². The summed E-state index contributed by atoms with van der Waals surface area (Å²) in [7, 11) is 0. The van der Waals surface area contributed by atoms with E-state index in [4.69, 9.17) is 5.11 Å². The highest BCUT2D eigenvalue weighted by molar-refractivity contribution is 8.00. The molecule has 0 bridgehead atoms. The van der Waals surface area contributed by atoms with Crippen LogP contribution in [0, 0.1) is 6.92 Å². The van der Waals surface area contributed by atoms with Crippen molar-refractivity contribution in [3.05, 3.63) is 53.6 Å². The predicted octanol–water partition coefficient (Wildman–Crippen LogP) is 2.28. The molecule has 0 radical (unpaired) electrons. The quantitative estimate of drug-likeness (QED) is 0.789. The number of aliphatic carboxylic acids is 1. The highest BCUT2D eigenvalue weighted by atomic mass is 32.2. The van der Waals surface area contributed by atoms with Gasteiger partial charge in [-0.25, -0.2) is 9.97 Å². The van der Waals surface area contributed by atoms with Crippen molar-refractivity contribution in [2.75, 3.05) is 0 Å². The molecule has 1 heterocycles. The average molecular weight is 331 g/mol. The van der Waals surface area contributed by atoms with Gasteiger partial charge in [0.15, 0.2) is 0 Å². The SMILES string of the molecule is Cc1nccc(CNC(=O)c2ccccc2SC(C)C(=O)O)n1. The molecule has 2 N–H and O–H groups in total. The van der Waals surface area contributed by atoms with Gasteiger partial charge in [-0.2, -0.15) is 0 Å². The Bertz CT molecular complexity index is 721. The minimum Gasteiger partial charge on any atom is -0.480 e. The van der Waals surface area contributed by atoms with E-state index >= 15 is 0 Å². The van der Waals surface area contributed by atoms with E-state index in [2.05, 4.69) is 15.3 Å². The van der Waals surface area contributed by atoms with Crippen molar-refractivity contribution in [1.82, 2.24) is 15.3 Å². The fourth-order valence-electron chi connectivity index (χ4n) is 1.87. The van der Waals surface area contributed by atoms with Crippen LogP contribution in [0.4, 0.5) is 0 Å². The Morgan fingerprint density at radius 1 is 1.30 bits per heavy atom. The van der Waals surface area contributed by atoms with Crippen molar-refractivity contribution < 1.29 is 14.7 Å². The molecule has 0 aliphatic carbocycles. The monoisotopic (exact) mass is 331 g/mol. The largest absolute Gasteiger partial charge is 0.480 e. The van der Waals surface area contributed by atoms with Crippen molar-refractivity contribution in [3.63, 3.8) is 0 Å². The summed E-state index contributed by atoms with van der Waals surface area (Å²) in [5.74, 6) is -0.536. The predicted molar refractivity (Wildman–Crippen MR) is 87.3 cm³/mol. The maximum Gasteiger partial charge on any atom is 0.316 e. The standard InChI is InChI=1S/C16H17N3O3S/c1-10(16(21)22)23-14-6-4-3-5-13(14)15(20)18-9-12-7-8-17-11(2)19-12/h3-8,10H,9H2,1-2H3,(H,18,20)(H,21,22). The number of nitrogens with zero attached hydrogens (tertiary/aromatic N) is 2. The Balaban J connectivity index is 2.08. The van der Waals surface area contributed by atoms with E-state index in [1.807, 2.05) is 0 Å². The Morgan fingerprint density at radius 2 is 2.04 bits per heavy atom. The number of carboxylic acids is 1. The van der Waals surface area contributed by atoms with E-state index in [-0.39, 0.29) is 12.5 Å². The minimum atomic E-state index is -0.915. The van der Waals surface area contributed by atoms with Gasteiger partial charge in [-0.15, -0.1) is 11.8 Å². The van der Waals surface area contributed by atoms with Crippen LogP contribution in [0.1, 0.15) is 28.8 Å². The van der Waals surface area contributed by atoms with E-state index in [0.717, 1.165) is 17.5 Å². The Morgan fingerprint density at radius 3 is 2.74 bits per heavy atom.